The highest BCUT2D eigenvalue weighted by atomic mass is 32.2. The Morgan fingerprint density at radius 1 is 1.09 bits per heavy atom. The molecule has 0 aliphatic heterocycles. The molecule has 0 heterocycles. The summed E-state index contributed by atoms with van der Waals surface area (Å²) in [5, 5.41) is 2.87. The Hall–Kier alpha value is -3.07. The van der Waals surface area contributed by atoms with Crippen LogP contribution >= 0.6 is 0 Å². The molecule has 0 saturated heterocycles. The number of sulfonamides is 1. The maximum Gasteiger partial charge on any atom is 0.244 e. The predicted molar refractivity (Wildman–Crippen MR) is 134 cm³/mol. The van der Waals surface area contributed by atoms with Gasteiger partial charge in [-0.15, -0.1) is 0 Å². The number of rotatable bonds is 11. The van der Waals surface area contributed by atoms with Crippen LogP contribution in [0, 0.1) is 6.92 Å². The van der Waals surface area contributed by atoms with Gasteiger partial charge < -0.3 is 15.0 Å². The number of aryl methyl sites for hydroxylation is 1. The third kappa shape index (κ3) is 7.21. The summed E-state index contributed by atoms with van der Waals surface area (Å²) in [6, 6.07) is 13.4. The van der Waals surface area contributed by atoms with Crippen molar-refractivity contribution in [2.75, 3.05) is 24.2 Å². The molecule has 0 aliphatic rings. The average Bonchev–Trinajstić information content (AvgIpc) is 2.76. The van der Waals surface area contributed by atoms with Gasteiger partial charge in [0.2, 0.25) is 21.8 Å². The summed E-state index contributed by atoms with van der Waals surface area (Å²) in [5.41, 5.74) is 1.93. The third-order valence-corrected chi connectivity index (χ3v) is 6.49. The molecule has 0 spiro atoms. The number of nitrogens with one attached hydrogen (secondary N) is 1. The number of methoxy groups -OCH3 is 1. The summed E-state index contributed by atoms with van der Waals surface area (Å²) in [4.78, 5) is 28.1. The summed E-state index contributed by atoms with van der Waals surface area (Å²) in [5.74, 6) is -0.125. The topological polar surface area (TPSA) is 96.0 Å². The summed E-state index contributed by atoms with van der Waals surface area (Å²) in [6.07, 6.45) is 1.44. The standard InChI is InChI=1S/C25H35N3O5S/c1-7-22(25(30)26-18(2)3)27(16-20-12-10-13-21(15-20)33-5)24(29)17-28(34(6,31)32)23-14-9-8-11-19(23)4/h8-15,18,22H,7,16-17H2,1-6H3,(H,26,30)/t22-/m1/s1. The van der Waals surface area contributed by atoms with Crippen LogP contribution in [0.2, 0.25) is 0 Å². The number of carbonyl (C=O) groups excluding carboxylic acids is 2. The number of hydrogen-bond acceptors (Lipinski definition) is 5. The van der Waals surface area contributed by atoms with Crippen molar-refractivity contribution in [1.82, 2.24) is 10.2 Å². The second kappa shape index (κ2) is 11.9. The Balaban J connectivity index is 2.47. The predicted octanol–water partition coefficient (Wildman–Crippen LogP) is 3.10. The van der Waals surface area contributed by atoms with Crippen LogP contribution in [0.1, 0.15) is 38.3 Å². The van der Waals surface area contributed by atoms with Crippen LogP contribution in [0.4, 0.5) is 5.69 Å². The van der Waals surface area contributed by atoms with Gasteiger partial charge in [0.15, 0.2) is 0 Å². The number of carbonyl (C=O) groups is 2. The van der Waals surface area contributed by atoms with E-state index in [1.807, 2.05) is 32.9 Å². The fraction of sp³-hybridized carbons (Fsp3) is 0.440. The zero-order valence-electron chi connectivity index (χ0n) is 20.7. The molecule has 2 aromatic carbocycles. The number of amides is 2. The van der Waals surface area contributed by atoms with Crippen molar-refractivity contribution in [3.05, 3.63) is 59.7 Å². The van der Waals surface area contributed by atoms with Crippen LogP contribution in [0.3, 0.4) is 0 Å². The molecule has 1 atom stereocenters. The van der Waals surface area contributed by atoms with E-state index < -0.39 is 28.5 Å². The highest BCUT2D eigenvalue weighted by Crippen LogP contribution is 2.23. The molecule has 0 radical (unpaired) electrons. The molecule has 0 bridgehead atoms. The smallest absolute Gasteiger partial charge is 0.244 e. The second-order valence-electron chi connectivity index (χ2n) is 8.52. The first-order valence-electron chi connectivity index (χ1n) is 11.2. The molecule has 0 aliphatic carbocycles. The van der Waals surface area contributed by atoms with E-state index in [1.165, 1.54) is 4.90 Å². The minimum atomic E-state index is -3.76. The van der Waals surface area contributed by atoms with E-state index in [0.717, 1.165) is 21.7 Å². The quantitative estimate of drug-likeness (QED) is 0.523. The molecule has 2 amide bonds. The number of hydrogen-bond donors (Lipinski definition) is 1. The van der Waals surface area contributed by atoms with Crippen molar-refractivity contribution in [1.29, 1.82) is 0 Å². The molecule has 2 aromatic rings. The van der Waals surface area contributed by atoms with E-state index in [2.05, 4.69) is 5.32 Å². The van der Waals surface area contributed by atoms with Crippen LogP contribution in [0.15, 0.2) is 48.5 Å². The van der Waals surface area contributed by atoms with Gasteiger partial charge in [0.05, 0.1) is 19.1 Å². The lowest BCUT2D eigenvalue weighted by Gasteiger charge is -2.33. The third-order valence-electron chi connectivity index (χ3n) is 5.37. The van der Waals surface area contributed by atoms with Gasteiger partial charge in [0, 0.05) is 12.6 Å². The molecule has 186 valence electrons. The Bertz CT molecular complexity index is 1100. The molecule has 1 N–H and O–H groups in total. The highest BCUT2D eigenvalue weighted by Gasteiger charge is 2.32. The van der Waals surface area contributed by atoms with Gasteiger partial charge in [-0.2, -0.15) is 0 Å². The van der Waals surface area contributed by atoms with Crippen LogP contribution in [0.25, 0.3) is 0 Å². The molecule has 0 unspecified atom stereocenters. The maximum absolute atomic E-state index is 13.6. The molecular formula is C25H35N3O5S. The Kier molecular flexibility index (Phi) is 9.49. The Labute approximate surface area is 202 Å². The molecular weight excluding hydrogens is 454 g/mol. The number of nitrogens with zero attached hydrogens (tertiary/aromatic N) is 2. The lowest BCUT2D eigenvalue weighted by Crippen LogP contribution is -2.53. The molecule has 9 heteroatoms. The van der Waals surface area contributed by atoms with Gasteiger partial charge in [0.1, 0.15) is 18.3 Å². The summed E-state index contributed by atoms with van der Waals surface area (Å²) in [7, 11) is -2.20. The summed E-state index contributed by atoms with van der Waals surface area (Å²) >= 11 is 0. The number of benzene rings is 2. The zero-order chi connectivity index (χ0) is 25.5. The summed E-state index contributed by atoms with van der Waals surface area (Å²) in [6.45, 7) is 7.03. The number of ether oxygens (including phenoxy) is 1. The van der Waals surface area contributed by atoms with Crippen LogP contribution < -0.4 is 14.4 Å². The molecule has 0 fully saturated rings. The van der Waals surface area contributed by atoms with Gasteiger partial charge in [-0.25, -0.2) is 8.42 Å². The van der Waals surface area contributed by atoms with Crippen LogP contribution in [-0.4, -0.2) is 57.1 Å². The highest BCUT2D eigenvalue weighted by molar-refractivity contribution is 7.92. The molecule has 2 rings (SSSR count). The van der Waals surface area contributed by atoms with E-state index in [1.54, 1.807) is 50.4 Å². The first kappa shape index (κ1) is 27.2. The van der Waals surface area contributed by atoms with Gasteiger partial charge >= 0.3 is 0 Å². The first-order valence-corrected chi connectivity index (χ1v) is 13.1. The van der Waals surface area contributed by atoms with Crippen molar-refractivity contribution in [2.45, 2.75) is 52.7 Å². The monoisotopic (exact) mass is 489 g/mol. The van der Waals surface area contributed by atoms with E-state index in [-0.39, 0.29) is 18.5 Å². The number of para-hydroxylation sites is 1. The van der Waals surface area contributed by atoms with Crippen molar-refractivity contribution < 1.29 is 22.7 Å². The van der Waals surface area contributed by atoms with Crippen LogP contribution in [-0.2, 0) is 26.2 Å². The summed E-state index contributed by atoms with van der Waals surface area (Å²) < 4.78 is 31.7. The van der Waals surface area contributed by atoms with E-state index in [4.69, 9.17) is 4.74 Å². The largest absolute Gasteiger partial charge is 0.497 e. The fourth-order valence-corrected chi connectivity index (χ4v) is 4.61. The molecule has 8 nitrogen and oxygen atoms in total. The lowest BCUT2D eigenvalue weighted by atomic mass is 10.1. The van der Waals surface area contributed by atoms with Crippen molar-refractivity contribution >= 4 is 27.5 Å². The van der Waals surface area contributed by atoms with E-state index >= 15 is 0 Å². The second-order valence-corrected chi connectivity index (χ2v) is 10.4. The Morgan fingerprint density at radius 3 is 2.32 bits per heavy atom. The maximum atomic E-state index is 13.6. The number of anilines is 1. The van der Waals surface area contributed by atoms with Crippen molar-refractivity contribution in [3.63, 3.8) is 0 Å². The normalized spacial score (nSPS) is 12.2. The molecule has 0 aromatic heterocycles. The van der Waals surface area contributed by atoms with E-state index in [0.29, 0.717) is 17.9 Å². The Morgan fingerprint density at radius 2 is 1.76 bits per heavy atom. The van der Waals surface area contributed by atoms with Gasteiger partial charge in [0.25, 0.3) is 0 Å². The average molecular weight is 490 g/mol. The van der Waals surface area contributed by atoms with Gasteiger partial charge in [-0.1, -0.05) is 37.3 Å². The van der Waals surface area contributed by atoms with Crippen molar-refractivity contribution in [3.8, 4) is 5.75 Å². The van der Waals surface area contributed by atoms with Gasteiger partial charge in [-0.3, -0.25) is 13.9 Å². The fourth-order valence-electron chi connectivity index (χ4n) is 3.71. The zero-order valence-corrected chi connectivity index (χ0v) is 21.6. The minimum Gasteiger partial charge on any atom is -0.497 e. The van der Waals surface area contributed by atoms with Gasteiger partial charge in [-0.05, 0) is 56.5 Å². The SMILES string of the molecule is CC[C@H](C(=O)NC(C)C)N(Cc1cccc(OC)c1)C(=O)CN(c1ccccc1C)S(C)(=O)=O. The minimum absolute atomic E-state index is 0.102. The first-order chi connectivity index (χ1) is 16.0. The van der Waals surface area contributed by atoms with Crippen LogP contribution in [0.5, 0.6) is 5.75 Å². The molecule has 34 heavy (non-hydrogen) atoms. The molecule has 0 saturated carbocycles. The van der Waals surface area contributed by atoms with E-state index in [9.17, 15) is 18.0 Å². The van der Waals surface area contributed by atoms with Crippen molar-refractivity contribution in [2.24, 2.45) is 0 Å². The lowest BCUT2D eigenvalue weighted by molar-refractivity contribution is -0.140.